The van der Waals surface area contributed by atoms with E-state index < -0.39 is 0 Å². The number of hydrogen-bond acceptors (Lipinski definition) is 2. The van der Waals surface area contributed by atoms with E-state index in [2.05, 4.69) is 36.7 Å². The summed E-state index contributed by atoms with van der Waals surface area (Å²) in [6.07, 6.45) is 6.62. The molecule has 0 aromatic carbocycles. The number of pyridine rings is 1. The Kier molecular flexibility index (Phi) is 5.06. The van der Waals surface area contributed by atoms with Gasteiger partial charge in [-0.2, -0.15) is 0 Å². The van der Waals surface area contributed by atoms with Crippen molar-refractivity contribution in [2.75, 3.05) is 5.73 Å². The zero-order chi connectivity index (χ0) is 14.4. The number of unbranched alkanes of at least 4 members (excludes halogenated alkanes) is 3. The molecular weight excluding hydrogens is 246 g/mol. The van der Waals surface area contributed by atoms with Crippen LogP contribution in [0.4, 0.5) is 5.82 Å². The first kappa shape index (κ1) is 14.5. The number of hydrogen-bond donors (Lipinski definition) is 1. The van der Waals surface area contributed by atoms with Gasteiger partial charge in [-0.25, -0.2) is 4.98 Å². The summed E-state index contributed by atoms with van der Waals surface area (Å²) in [5.41, 5.74) is 9.02. The molecule has 106 valence electrons. The zero-order valence-electron chi connectivity index (χ0n) is 12.4. The van der Waals surface area contributed by atoms with Crippen LogP contribution in [-0.2, 0) is 6.42 Å². The quantitative estimate of drug-likeness (QED) is 0.662. The Morgan fingerprint density at radius 2 is 2.05 bits per heavy atom. The second-order valence-electron chi connectivity index (χ2n) is 5.07. The predicted molar refractivity (Wildman–Crippen MR) is 84.6 cm³/mol. The van der Waals surface area contributed by atoms with Gasteiger partial charge in [0.1, 0.15) is 11.5 Å². The molecule has 0 aliphatic rings. The number of nitrogen functional groups attached to an aromatic ring is 1. The SMILES string of the molecule is CCCCCC#Cc1nc2cccc(CCC)n2c1N. The summed E-state index contributed by atoms with van der Waals surface area (Å²) in [6, 6.07) is 6.12. The summed E-state index contributed by atoms with van der Waals surface area (Å²) in [6.45, 7) is 4.36. The van der Waals surface area contributed by atoms with Gasteiger partial charge in [0.15, 0.2) is 5.69 Å². The molecule has 0 saturated carbocycles. The Morgan fingerprint density at radius 3 is 2.80 bits per heavy atom. The van der Waals surface area contributed by atoms with Crippen LogP contribution in [0.1, 0.15) is 57.3 Å². The van der Waals surface area contributed by atoms with Crippen LogP contribution in [0.3, 0.4) is 0 Å². The summed E-state index contributed by atoms with van der Waals surface area (Å²) in [5, 5.41) is 0. The van der Waals surface area contributed by atoms with E-state index in [1.165, 1.54) is 18.5 Å². The van der Waals surface area contributed by atoms with Crippen molar-refractivity contribution in [3.63, 3.8) is 0 Å². The lowest BCUT2D eigenvalue weighted by molar-refractivity contribution is 0.737. The van der Waals surface area contributed by atoms with Gasteiger partial charge in [-0.3, -0.25) is 4.40 Å². The van der Waals surface area contributed by atoms with E-state index >= 15 is 0 Å². The van der Waals surface area contributed by atoms with Crippen molar-refractivity contribution in [1.82, 2.24) is 9.38 Å². The van der Waals surface area contributed by atoms with Gasteiger partial charge in [0.2, 0.25) is 0 Å². The molecule has 0 saturated heterocycles. The van der Waals surface area contributed by atoms with E-state index in [1.54, 1.807) is 0 Å². The van der Waals surface area contributed by atoms with Crippen LogP contribution < -0.4 is 5.73 Å². The molecular formula is C17H23N3. The molecule has 2 rings (SSSR count). The molecule has 2 N–H and O–H groups in total. The first-order valence-corrected chi connectivity index (χ1v) is 7.52. The van der Waals surface area contributed by atoms with E-state index in [0.29, 0.717) is 11.5 Å². The number of aromatic nitrogens is 2. The number of nitrogens with two attached hydrogens (primary N) is 1. The van der Waals surface area contributed by atoms with Crippen LogP contribution >= 0.6 is 0 Å². The monoisotopic (exact) mass is 269 g/mol. The van der Waals surface area contributed by atoms with E-state index in [-0.39, 0.29) is 0 Å². The average Bonchev–Trinajstić information content (AvgIpc) is 2.77. The second kappa shape index (κ2) is 7.00. The van der Waals surface area contributed by atoms with Crippen LogP contribution in [0.2, 0.25) is 0 Å². The van der Waals surface area contributed by atoms with Crippen LogP contribution in [0.25, 0.3) is 5.65 Å². The molecule has 0 aliphatic heterocycles. The highest BCUT2D eigenvalue weighted by Crippen LogP contribution is 2.18. The Morgan fingerprint density at radius 1 is 1.20 bits per heavy atom. The number of imidazole rings is 1. The maximum Gasteiger partial charge on any atom is 0.156 e. The van der Waals surface area contributed by atoms with Crippen LogP contribution in [-0.4, -0.2) is 9.38 Å². The van der Waals surface area contributed by atoms with Crippen molar-refractivity contribution in [1.29, 1.82) is 0 Å². The third-order valence-electron chi connectivity index (χ3n) is 3.38. The van der Waals surface area contributed by atoms with Gasteiger partial charge in [-0.1, -0.05) is 45.1 Å². The lowest BCUT2D eigenvalue weighted by Gasteiger charge is -2.04. The molecule has 2 aromatic heterocycles. The lowest BCUT2D eigenvalue weighted by Crippen LogP contribution is -2.00. The van der Waals surface area contributed by atoms with Gasteiger partial charge < -0.3 is 5.73 Å². The maximum atomic E-state index is 6.21. The fraction of sp³-hybridized carbons (Fsp3) is 0.471. The molecule has 0 spiro atoms. The smallest absolute Gasteiger partial charge is 0.156 e. The van der Waals surface area contributed by atoms with Crippen molar-refractivity contribution in [3.8, 4) is 11.8 Å². The predicted octanol–water partition coefficient (Wildman–Crippen LogP) is 3.80. The van der Waals surface area contributed by atoms with Gasteiger partial charge >= 0.3 is 0 Å². The molecule has 0 amide bonds. The third kappa shape index (κ3) is 3.14. The molecule has 2 aromatic rings. The van der Waals surface area contributed by atoms with Crippen molar-refractivity contribution < 1.29 is 0 Å². The van der Waals surface area contributed by atoms with Crippen LogP contribution in [0, 0.1) is 11.8 Å². The summed E-state index contributed by atoms with van der Waals surface area (Å²) >= 11 is 0. The van der Waals surface area contributed by atoms with Crippen LogP contribution in [0.15, 0.2) is 18.2 Å². The Labute approximate surface area is 121 Å². The molecule has 0 atom stereocenters. The van der Waals surface area contributed by atoms with Gasteiger partial charge in [-0.15, -0.1) is 0 Å². The highest BCUT2D eigenvalue weighted by atomic mass is 15.1. The van der Waals surface area contributed by atoms with Gasteiger partial charge in [0, 0.05) is 12.1 Å². The number of fused-ring (bicyclic) bond motifs is 1. The Bertz CT molecular complexity index is 629. The highest BCUT2D eigenvalue weighted by molar-refractivity contribution is 5.59. The summed E-state index contributed by atoms with van der Waals surface area (Å²) in [4.78, 5) is 4.54. The largest absolute Gasteiger partial charge is 0.382 e. The molecule has 0 unspecified atom stereocenters. The molecule has 20 heavy (non-hydrogen) atoms. The van der Waals surface area contributed by atoms with Crippen molar-refractivity contribution in [2.24, 2.45) is 0 Å². The second-order valence-corrected chi connectivity index (χ2v) is 5.07. The number of nitrogens with zero attached hydrogens (tertiary/aromatic N) is 2. The molecule has 3 nitrogen and oxygen atoms in total. The third-order valence-corrected chi connectivity index (χ3v) is 3.38. The maximum absolute atomic E-state index is 6.21. The normalized spacial score (nSPS) is 10.5. The number of anilines is 1. The van der Waals surface area contributed by atoms with Gasteiger partial charge in [0.25, 0.3) is 0 Å². The summed E-state index contributed by atoms with van der Waals surface area (Å²) < 4.78 is 2.03. The van der Waals surface area contributed by atoms with Crippen LogP contribution in [0.5, 0.6) is 0 Å². The fourth-order valence-corrected chi connectivity index (χ4v) is 2.34. The first-order chi connectivity index (χ1) is 9.77. The van der Waals surface area contributed by atoms with Gasteiger partial charge in [0.05, 0.1) is 0 Å². The van der Waals surface area contributed by atoms with E-state index in [9.17, 15) is 0 Å². The molecule has 3 heteroatoms. The Hall–Kier alpha value is -1.95. The molecule has 0 aliphatic carbocycles. The van der Waals surface area contributed by atoms with Crippen molar-refractivity contribution in [2.45, 2.75) is 52.4 Å². The van der Waals surface area contributed by atoms with Crippen molar-refractivity contribution >= 4 is 11.5 Å². The van der Waals surface area contributed by atoms with Crippen molar-refractivity contribution in [3.05, 3.63) is 29.6 Å². The molecule has 0 radical (unpaired) electrons. The minimum Gasteiger partial charge on any atom is -0.382 e. The zero-order valence-corrected chi connectivity index (χ0v) is 12.4. The Balaban J connectivity index is 2.27. The van der Waals surface area contributed by atoms with E-state index in [0.717, 1.165) is 31.3 Å². The lowest BCUT2D eigenvalue weighted by atomic mass is 10.2. The van der Waals surface area contributed by atoms with E-state index in [4.69, 9.17) is 5.73 Å². The summed E-state index contributed by atoms with van der Waals surface area (Å²) in [5.74, 6) is 6.98. The minimum absolute atomic E-state index is 0.673. The minimum atomic E-state index is 0.673. The summed E-state index contributed by atoms with van der Waals surface area (Å²) in [7, 11) is 0. The number of aryl methyl sites for hydroxylation is 1. The molecule has 0 fully saturated rings. The van der Waals surface area contributed by atoms with E-state index in [1.807, 2.05) is 16.5 Å². The van der Waals surface area contributed by atoms with Gasteiger partial charge in [-0.05, 0) is 30.9 Å². The highest BCUT2D eigenvalue weighted by Gasteiger charge is 2.09. The first-order valence-electron chi connectivity index (χ1n) is 7.52. The molecule has 0 bridgehead atoms. The topological polar surface area (TPSA) is 43.3 Å². The average molecular weight is 269 g/mol. The molecule has 2 heterocycles. The number of rotatable bonds is 5. The standard InChI is InChI=1S/C17H23N3/c1-3-5-6-7-8-12-15-17(18)20-14(10-4-2)11-9-13-16(20)19-15/h9,11,13H,3-7,10,18H2,1-2H3. The fourth-order valence-electron chi connectivity index (χ4n) is 2.34.